The van der Waals surface area contributed by atoms with Crippen LogP contribution in [0.4, 0.5) is 4.39 Å². The number of halogens is 1. The molecule has 0 amide bonds. The molecule has 2 rings (SSSR count). The van der Waals surface area contributed by atoms with Gasteiger partial charge in [-0.15, -0.1) is 0 Å². The van der Waals surface area contributed by atoms with E-state index in [0.717, 1.165) is 25.3 Å². The van der Waals surface area contributed by atoms with E-state index in [1.165, 1.54) is 10.4 Å². The van der Waals surface area contributed by atoms with Gasteiger partial charge in [0.1, 0.15) is 5.82 Å². The van der Waals surface area contributed by atoms with Crippen LogP contribution in [0, 0.1) is 11.7 Å². The summed E-state index contributed by atoms with van der Waals surface area (Å²) in [5.41, 5.74) is 0.607. The predicted molar refractivity (Wildman–Crippen MR) is 80.9 cm³/mol. The Bertz CT molecular complexity index is 585. The second kappa shape index (κ2) is 6.85. The molecule has 21 heavy (non-hydrogen) atoms. The van der Waals surface area contributed by atoms with Gasteiger partial charge < -0.3 is 5.32 Å². The Morgan fingerprint density at radius 3 is 2.67 bits per heavy atom. The SMILES string of the molecule is CCCN(CC1CC1)S(=O)(=O)c1cc(F)ccc1CNC. The quantitative estimate of drug-likeness (QED) is 0.801. The van der Waals surface area contributed by atoms with Gasteiger partial charge in [-0.3, -0.25) is 0 Å². The van der Waals surface area contributed by atoms with Crippen molar-refractivity contribution in [2.45, 2.75) is 37.6 Å². The summed E-state index contributed by atoms with van der Waals surface area (Å²) in [7, 11) is -1.90. The number of sulfonamides is 1. The Morgan fingerprint density at radius 2 is 2.10 bits per heavy atom. The van der Waals surface area contributed by atoms with E-state index in [9.17, 15) is 12.8 Å². The van der Waals surface area contributed by atoms with E-state index in [0.29, 0.717) is 31.1 Å². The number of rotatable bonds is 8. The largest absolute Gasteiger partial charge is 0.316 e. The van der Waals surface area contributed by atoms with Gasteiger partial charge in [0.25, 0.3) is 0 Å². The maximum absolute atomic E-state index is 13.5. The number of hydrogen-bond acceptors (Lipinski definition) is 3. The Hall–Kier alpha value is -0.980. The van der Waals surface area contributed by atoms with E-state index in [1.54, 1.807) is 13.1 Å². The second-order valence-electron chi connectivity index (χ2n) is 5.59. The summed E-state index contributed by atoms with van der Waals surface area (Å²) in [5, 5.41) is 2.93. The van der Waals surface area contributed by atoms with Crippen LogP contribution >= 0.6 is 0 Å². The van der Waals surface area contributed by atoms with Crippen molar-refractivity contribution in [3.8, 4) is 0 Å². The highest BCUT2D eigenvalue weighted by atomic mass is 32.2. The summed E-state index contributed by atoms with van der Waals surface area (Å²) < 4.78 is 40.8. The molecule has 0 radical (unpaired) electrons. The minimum absolute atomic E-state index is 0.0888. The van der Waals surface area contributed by atoms with Gasteiger partial charge in [-0.1, -0.05) is 13.0 Å². The van der Waals surface area contributed by atoms with Crippen molar-refractivity contribution >= 4 is 10.0 Å². The molecule has 6 heteroatoms. The molecule has 1 aromatic carbocycles. The first-order valence-electron chi connectivity index (χ1n) is 7.42. The highest BCUT2D eigenvalue weighted by Gasteiger charge is 2.32. The summed E-state index contributed by atoms with van der Waals surface area (Å²) in [5.74, 6) is -0.0519. The third-order valence-electron chi connectivity index (χ3n) is 3.65. The zero-order valence-corrected chi connectivity index (χ0v) is 13.4. The number of benzene rings is 1. The monoisotopic (exact) mass is 314 g/mol. The molecule has 0 atom stereocenters. The van der Waals surface area contributed by atoms with Gasteiger partial charge in [-0.05, 0) is 49.9 Å². The van der Waals surface area contributed by atoms with Crippen LogP contribution in [0.3, 0.4) is 0 Å². The first-order valence-corrected chi connectivity index (χ1v) is 8.86. The lowest BCUT2D eigenvalue weighted by Crippen LogP contribution is -2.34. The number of nitrogens with one attached hydrogen (secondary N) is 1. The van der Waals surface area contributed by atoms with Gasteiger partial charge in [0.15, 0.2) is 0 Å². The zero-order chi connectivity index (χ0) is 15.5. The third kappa shape index (κ3) is 4.02. The minimum atomic E-state index is -3.64. The topological polar surface area (TPSA) is 49.4 Å². The molecule has 1 aromatic rings. The molecule has 4 nitrogen and oxygen atoms in total. The molecule has 0 saturated heterocycles. The highest BCUT2D eigenvalue weighted by molar-refractivity contribution is 7.89. The Labute approximate surface area is 126 Å². The Balaban J connectivity index is 2.37. The van der Waals surface area contributed by atoms with E-state index in [1.807, 2.05) is 6.92 Å². The molecule has 1 saturated carbocycles. The highest BCUT2D eigenvalue weighted by Crippen LogP contribution is 2.32. The summed E-state index contributed by atoms with van der Waals surface area (Å²) >= 11 is 0. The molecular weight excluding hydrogens is 291 g/mol. The van der Waals surface area contributed by atoms with E-state index >= 15 is 0 Å². The minimum Gasteiger partial charge on any atom is -0.316 e. The molecule has 1 fully saturated rings. The van der Waals surface area contributed by atoms with E-state index in [2.05, 4.69) is 5.32 Å². The molecule has 0 spiro atoms. The van der Waals surface area contributed by atoms with Gasteiger partial charge in [0, 0.05) is 19.6 Å². The van der Waals surface area contributed by atoms with Gasteiger partial charge in [0.05, 0.1) is 4.90 Å². The summed E-state index contributed by atoms with van der Waals surface area (Å²) in [6, 6.07) is 3.98. The smallest absolute Gasteiger partial charge is 0.243 e. The predicted octanol–water partition coefficient (Wildman–Crippen LogP) is 2.36. The van der Waals surface area contributed by atoms with Crippen molar-refractivity contribution < 1.29 is 12.8 Å². The van der Waals surface area contributed by atoms with Gasteiger partial charge in [-0.25, -0.2) is 12.8 Å². The first kappa shape index (κ1) is 16.4. The third-order valence-corrected chi connectivity index (χ3v) is 5.59. The van der Waals surface area contributed by atoms with E-state index < -0.39 is 15.8 Å². The summed E-state index contributed by atoms with van der Waals surface area (Å²) in [6.45, 7) is 3.38. The lowest BCUT2D eigenvalue weighted by molar-refractivity contribution is 0.395. The van der Waals surface area contributed by atoms with Crippen molar-refractivity contribution in [1.82, 2.24) is 9.62 Å². The second-order valence-corrected chi connectivity index (χ2v) is 7.50. The van der Waals surface area contributed by atoms with Crippen LogP contribution in [0.15, 0.2) is 23.1 Å². The van der Waals surface area contributed by atoms with Crippen LogP contribution in [0.25, 0.3) is 0 Å². The fourth-order valence-corrected chi connectivity index (χ4v) is 4.23. The maximum atomic E-state index is 13.5. The van der Waals surface area contributed by atoms with Gasteiger partial charge in [0.2, 0.25) is 10.0 Å². The molecule has 0 unspecified atom stereocenters. The van der Waals surface area contributed by atoms with Gasteiger partial charge in [-0.2, -0.15) is 4.31 Å². The number of hydrogen-bond donors (Lipinski definition) is 1. The molecular formula is C15H23FN2O2S. The van der Waals surface area contributed by atoms with Crippen molar-refractivity contribution in [2.75, 3.05) is 20.1 Å². The number of nitrogens with zero attached hydrogens (tertiary/aromatic N) is 1. The standard InChI is InChI=1S/C15H23FN2O2S/c1-3-8-18(11-12-4-5-12)21(19,20)15-9-14(16)7-6-13(15)10-17-2/h6-7,9,12,17H,3-5,8,10-11H2,1-2H3. The van der Waals surface area contributed by atoms with Crippen LogP contribution < -0.4 is 5.32 Å². The first-order chi connectivity index (χ1) is 9.98. The van der Waals surface area contributed by atoms with Crippen molar-refractivity contribution in [3.63, 3.8) is 0 Å². The molecule has 1 aliphatic rings. The zero-order valence-electron chi connectivity index (χ0n) is 12.6. The molecule has 0 bridgehead atoms. The maximum Gasteiger partial charge on any atom is 0.243 e. The van der Waals surface area contributed by atoms with Crippen LogP contribution in [-0.4, -0.2) is 32.9 Å². The average molecular weight is 314 g/mol. The fraction of sp³-hybridized carbons (Fsp3) is 0.600. The molecule has 0 aromatic heterocycles. The summed E-state index contributed by atoms with van der Waals surface area (Å²) in [6.07, 6.45) is 2.92. The van der Waals surface area contributed by atoms with Gasteiger partial charge >= 0.3 is 0 Å². The molecule has 1 aliphatic carbocycles. The average Bonchev–Trinajstić information content (AvgIpc) is 3.24. The molecule has 118 valence electrons. The summed E-state index contributed by atoms with van der Waals surface area (Å²) in [4.78, 5) is 0.0888. The Morgan fingerprint density at radius 1 is 1.38 bits per heavy atom. The van der Waals surface area contributed by atoms with Crippen molar-refractivity contribution in [2.24, 2.45) is 5.92 Å². The molecule has 0 aliphatic heterocycles. The lowest BCUT2D eigenvalue weighted by atomic mass is 10.2. The van der Waals surface area contributed by atoms with Crippen molar-refractivity contribution in [3.05, 3.63) is 29.6 Å². The van der Waals surface area contributed by atoms with Crippen LogP contribution in [0.2, 0.25) is 0 Å². The van der Waals surface area contributed by atoms with Crippen LogP contribution in [0.5, 0.6) is 0 Å². The van der Waals surface area contributed by atoms with Crippen LogP contribution in [-0.2, 0) is 16.6 Å². The normalized spacial score (nSPS) is 15.6. The lowest BCUT2D eigenvalue weighted by Gasteiger charge is -2.23. The Kier molecular flexibility index (Phi) is 5.35. The van der Waals surface area contributed by atoms with E-state index in [-0.39, 0.29) is 4.90 Å². The van der Waals surface area contributed by atoms with Crippen molar-refractivity contribution in [1.29, 1.82) is 0 Å². The van der Waals surface area contributed by atoms with E-state index in [4.69, 9.17) is 0 Å². The molecule has 0 heterocycles. The van der Waals surface area contributed by atoms with Crippen LogP contribution in [0.1, 0.15) is 31.7 Å². The molecule has 1 N–H and O–H groups in total. The fourth-order valence-electron chi connectivity index (χ4n) is 2.39.